The van der Waals surface area contributed by atoms with Gasteiger partial charge in [0, 0.05) is 13.1 Å². The van der Waals surface area contributed by atoms with Gasteiger partial charge in [0.05, 0.1) is 0 Å². The molecule has 0 atom stereocenters. The van der Waals surface area contributed by atoms with Gasteiger partial charge in [0.15, 0.2) is 6.61 Å². The largest absolute Gasteiger partial charge is 0.484 e. The molecule has 0 bridgehead atoms. The summed E-state index contributed by atoms with van der Waals surface area (Å²) in [6, 6.07) is 7.71. The van der Waals surface area contributed by atoms with Gasteiger partial charge in [0.25, 0.3) is 5.91 Å². The molecule has 0 saturated carbocycles. The maximum absolute atomic E-state index is 11.7. The van der Waals surface area contributed by atoms with Crippen molar-refractivity contribution >= 4 is 5.91 Å². The van der Waals surface area contributed by atoms with Gasteiger partial charge in [-0.1, -0.05) is 18.2 Å². The van der Waals surface area contributed by atoms with Crippen molar-refractivity contribution in [2.75, 3.05) is 19.7 Å². The summed E-state index contributed by atoms with van der Waals surface area (Å²) in [6.45, 7) is 7.48. The van der Waals surface area contributed by atoms with Crippen LogP contribution in [0.2, 0.25) is 0 Å². The monoisotopic (exact) mass is 221 g/mol. The molecule has 0 radical (unpaired) electrons. The molecule has 88 valence electrons. The van der Waals surface area contributed by atoms with E-state index in [1.807, 2.05) is 45.0 Å². The average molecular weight is 221 g/mol. The molecular weight excluding hydrogens is 202 g/mol. The number of benzene rings is 1. The topological polar surface area (TPSA) is 29.5 Å². The third-order valence-corrected chi connectivity index (χ3v) is 2.56. The van der Waals surface area contributed by atoms with Gasteiger partial charge in [0.1, 0.15) is 5.75 Å². The number of hydrogen-bond acceptors (Lipinski definition) is 2. The molecule has 1 aromatic rings. The number of aryl methyl sites for hydroxylation is 1. The predicted molar refractivity (Wildman–Crippen MR) is 64.6 cm³/mol. The van der Waals surface area contributed by atoms with Crippen molar-refractivity contribution in [2.45, 2.75) is 20.8 Å². The Labute approximate surface area is 97.0 Å². The molecule has 0 N–H and O–H groups in total. The first-order valence-electron chi connectivity index (χ1n) is 5.65. The number of para-hydroxylation sites is 1. The van der Waals surface area contributed by atoms with Crippen LogP contribution in [0.25, 0.3) is 0 Å². The van der Waals surface area contributed by atoms with Crippen molar-refractivity contribution in [3.63, 3.8) is 0 Å². The van der Waals surface area contributed by atoms with E-state index in [4.69, 9.17) is 4.74 Å². The third kappa shape index (κ3) is 3.26. The number of hydrogen-bond donors (Lipinski definition) is 0. The van der Waals surface area contributed by atoms with Crippen LogP contribution < -0.4 is 4.74 Å². The molecule has 0 unspecified atom stereocenters. The minimum Gasteiger partial charge on any atom is -0.484 e. The molecule has 0 spiro atoms. The standard InChI is InChI=1S/C13H19NO2/c1-4-14(5-2)13(15)10-16-12-9-7-6-8-11(12)3/h6-9H,4-5,10H2,1-3H3. The lowest BCUT2D eigenvalue weighted by molar-refractivity contribution is -0.132. The highest BCUT2D eigenvalue weighted by atomic mass is 16.5. The highest BCUT2D eigenvalue weighted by Gasteiger charge is 2.10. The molecule has 1 aromatic carbocycles. The zero-order valence-electron chi connectivity index (χ0n) is 10.2. The van der Waals surface area contributed by atoms with Gasteiger partial charge in [-0.25, -0.2) is 0 Å². The van der Waals surface area contributed by atoms with Crippen LogP contribution in [0, 0.1) is 6.92 Å². The minimum atomic E-state index is 0.0354. The van der Waals surface area contributed by atoms with Crippen molar-refractivity contribution in [3.8, 4) is 5.75 Å². The molecule has 0 heterocycles. The molecular formula is C13H19NO2. The zero-order chi connectivity index (χ0) is 12.0. The van der Waals surface area contributed by atoms with Crippen LogP contribution in [-0.4, -0.2) is 30.5 Å². The number of carbonyl (C=O) groups excluding carboxylic acids is 1. The van der Waals surface area contributed by atoms with Crippen LogP contribution in [-0.2, 0) is 4.79 Å². The second kappa shape index (κ2) is 6.16. The van der Waals surface area contributed by atoms with Crippen LogP contribution in [0.15, 0.2) is 24.3 Å². The Morgan fingerprint density at radius 1 is 1.25 bits per heavy atom. The van der Waals surface area contributed by atoms with E-state index in [2.05, 4.69) is 0 Å². The highest BCUT2D eigenvalue weighted by Crippen LogP contribution is 2.15. The zero-order valence-corrected chi connectivity index (χ0v) is 10.2. The van der Waals surface area contributed by atoms with E-state index >= 15 is 0 Å². The van der Waals surface area contributed by atoms with E-state index in [1.165, 1.54) is 0 Å². The van der Waals surface area contributed by atoms with Gasteiger partial charge in [-0.2, -0.15) is 0 Å². The Bertz CT molecular complexity index is 346. The molecule has 0 aliphatic carbocycles. The maximum atomic E-state index is 11.7. The van der Waals surface area contributed by atoms with Gasteiger partial charge < -0.3 is 9.64 Å². The number of carbonyl (C=O) groups is 1. The van der Waals surface area contributed by atoms with Gasteiger partial charge in [0.2, 0.25) is 0 Å². The molecule has 3 nitrogen and oxygen atoms in total. The van der Waals surface area contributed by atoms with E-state index < -0.39 is 0 Å². The fourth-order valence-electron chi connectivity index (χ4n) is 1.53. The lowest BCUT2D eigenvalue weighted by Gasteiger charge is -2.19. The average Bonchev–Trinajstić information content (AvgIpc) is 2.29. The van der Waals surface area contributed by atoms with Crippen molar-refractivity contribution in [1.29, 1.82) is 0 Å². The predicted octanol–water partition coefficient (Wildman–Crippen LogP) is 2.24. The fraction of sp³-hybridized carbons (Fsp3) is 0.462. The van der Waals surface area contributed by atoms with Crippen LogP contribution >= 0.6 is 0 Å². The Balaban J connectivity index is 2.52. The first-order valence-corrected chi connectivity index (χ1v) is 5.65. The summed E-state index contributed by atoms with van der Waals surface area (Å²) in [5.74, 6) is 0.816. The van der Waals surface area contributed by atoms with Crippen molar-refractivity contribution in [2.24, 2.45) is 0 Å². The first kappa shape index (κ1) is 12.6. The number of likely N-dealkylation sites (N-methyl/N-ethyl adjacent to an activating group) is 1. The van der Waals surface area contributed by atoms with Gasteiger partial charge >= 0.3 is 0 Å². The first-order chi connectivity index (χ1) is 7.69. The van der Waals surface area contributed by atoms with Crippen LogP contribution in [0.4, 0.5) is 0 Å². The normalized spacial score (nSPS) is 9.94. The van der Waals surface area contributed by atoms with Crippen LogP contribution in [0.1, 0.15) is 19.4 Å². The summed E-state index contributed by atoms with van der Waals surface area (Å²) in [7, 11) is 0. The lowest BCUT2D eigenvalue weighted by Crippen LogP contribution is -2.34. The van der Waals surface area contributed by atoms with E-state index in [-0.39, 0.29) is 12.5 Å². The molecule has 0 aliphatic rings. The van der Waals surface area contributed by atoms with E-state index in [0.29, 0.717) is 0 Å². The summed E-state index contributed by atoms with van der Waals surface area (Å²) < 4.78 is 5.49. The van der Waals surface area contributed by atoms with Gasteiger partial charge in [-0.3, -0.25) is 4.79 Å². The molecule has 1 rings (SSSR count). The summed E-state index contributed by atoms with van der Waals surface area (Å²) in [5.41, 5.74) is 1.05. The molecule has 0 aromatic heterocycles. The molecule has 0 aliphatic heterocycles. The second-order valence-corrected chi connectivity index (χ2v) is 3.62. The smallest absolute Gasteiger partial charge is 0.260 e. The van der Waals surface area contributed by atoms with Gasteiger partial charge in [-0.15, -0.1) is 0 Å². The van der Waals surface area contributed by atoms with E-state index in [1.54, 1.807) is 4.90 Å². The van der Waals surface area contributed by atoms with Crippen molar-refractivity contribution in [1.82, 2.24) is 4.90 Å². The highest BCUT2D eigenvalue weighted by molar-refractivity contribution is 5.77. The maximum Gasteiger partial charge on any atom is 0.260 e. The minimum absolute atomic E-state index is 0.0354. The number of amides is 1. The molecule has 16 heavy (non-hydrogen) atoms. The quantitative estimate of drug-likeness (QED) is 0.763. The Morgan fingerprint density at radius 2 is 1.88 bits per heavy atom. The van der Waals surface area contributed by atoms with E-state index in [0.717, 1.165) is 24.4 Å². The third-order valence-electron chi connectivity index (χ3n) is 2.56. The number of ether oxygens (including phenoxy) is 1. The molecule has 0 saturated heterocycles. The van der Waals surface area contributed by atoms with Gasteiger partial charge in [-0.05, 0) is 32.4 Å². The summed E-state index contributed by atoms with van der Waals surface area (Å²) in [6.07, 6.45) is 0. The molecule has 0 fully saturated rings. The van der Waals surface area contributed by atoms with E-state index in [9.17, 15) is 4.79 Å². The molecule has 3 heteroatoms. The van der Waals surface area contributed by atoms with Crippen molar-refractivity contribution < 1.29 is 9.53 Å². The Hall–Kier alpha value is -1.51. The van der Waals surface area contributed by atoms with Crippen LogP contribution in [0.5, 0.6) is 5.75 Å². The summed E-state index contributed by atoms with van der Waals surface area (Å²) in [5, 5.41) is 0. The number of nitrogens with zero attached hydrogens (tertiary/aromatic N) is 1. The Kier molecular flexibility index (Phi) is 4.83. The lowest BCUT2D eigenvalue weighted by atomic mass is 10.2. The molecule has 1 amide bonds. The second-order valence-electron chi connectivity index (χ2n) is 3.62. The fourth-order valence-corrected chi connectivity index (χ4v) is 1.53. The Morgan fingerprint density at radius 3 is 2.44 bits per heavy atom. The van der Waals surface area contributed by atoms with Crippen molar-refractivity contribution in [3.05, 3.63) is 29.8 Å². The SMILES string of the molecule is CCN(CC)C(=O)COc1ccccc1C. The summed E-state index contributed by atoms with van der Waals surface area (Å²) in [4.78, 5) is 13.5. The summed E-state index contributed by atoms with van der Waals surface area (Å²) >= 11 is 0. The van der Waals surface area contributed by atoms with Crippen LogP contribution in [0.3, 0.4) is 0 Å². The number of rotatable bonds is 5.